The predicted octanol–water partition coefficient (Wildman–Crippen LogP) is 1.53. The first kappa shape index (κ1) is 8.47. The van der Waals surface area contributed by atoms with Gasteiger partial charge in [-0.15, -0.1) is 11.3 Å². The molecule has 1 atom stereocenters. The number of hydrogen-bond acceptors (Lipinski definition) is 3. The molecule has 0 saturated carbocycles. The van der Waals surface area contributed by atoms with Crippen molar-refractivity contribution >= 4 is 11.3 Å². The minimum absolute atomic E-state index is 0.0822. The molecule has 0 aliphatic rings. The Morgan fingerprint density at radius 1 is 1.62 bits per heavy atom. The molecular weight excluding hydrogens is 182 g/mol. The number of aromatic nitrogens is 2. The van der Waals surface area contributed by atoms with E-state index in [0.717, 1.165) is 10.6 Å². The number of nitrogens with zero attached hydrogens (tertiary/aromatic N) is 2. The maximum atomic E-state index is 6.01. The van der Waals surface area contributed by atoms with Gasteiger partial charge in [-0.25, -0.2) is 4.98 Å². The van der Waals surface area contributed by atoms with Crippen molar-refractivity contribution in [2.75, 3.05) is 0 Å². The van der Waals surface area contributed by atoms with Gasteiger partial charge in [0.2, 0.25) is 0 Å². The van der Waals surface area contributed by atoms with Crippen LogP contribution in [0.2, 0.25) is 0 Å². The lowest BCUT2D eigenvalue weighted by Gasteiger charge is -2.04. The molecule has 0 spiro atoms. The van der Waals surface area contributed by atoms with Gasteiger partial charge < -0.3 is 10.3 Å². The van der Waals surface area contributed by atoms with Gasteiger partial charge in [0, 0.05) is 18.1 Å². The van der Waals surface area contributed by atoms with Crippen LogP contribution in [0.5, 0.6) is 0 Å². The Morgan fingerprint density at radius 3 is 3.00 bits per heavy atom. The Hall–Kier alpha value is -1.13. The van der Waals surface area contributed by atoms with Crippen LogP contribution >= 0.6 is 11.3 Å². The Labute approximate surface area is 80.8 Å². The molecule has 0 amide bonds. The maximum Gasteiger partial charge on any atom is 0.0947 e. The van der Waals surface area contributed by atoms with Crippen LogP contribution in [-0.4, -0.2) is 9.55 Å². The van der Waals surface area contributed by atoms with Crippen molar-refractivity contribution < 1.29 is 0 Å². The third-order valence-electron chi connectivity index (χ3n) is 1.89. The normalized spacial score (nSPS) is 13.1. The molecule has 0 aromatic carbocycles. The molecule has 0 fully saturated rings. The summed E-state index contributed by atoms with van der Waals surface area (Å²) in [4.78, 5) is 5.37. The molecule has 0 aliphatic carbocycles. The highest BCUT2D eigenvalue weighted by Gasteiger charge is 2.11. The number of rotatable bonds is 2. The van der Waals surface area contributed by atoms with E-state index in [4.69, 9.17) is 5.73 Å². The molecule has 3 nitrogen and oxygen atoms in total. The van der Waals surface area contributed by atoms with Crippen molar-refractivity contribution in [2.45, 2.75) is 6.04 Å². The van der Waals surface area contributed by atoms with E-state index in [2.05, 4.69) is 4.98 Å². The van der Waals surface area contributed by atoms with Gasteiger partial charge in [0.05, 0.1) is 18.1 Å². The van der Waals surface area contributed by atoms with E-state index in [9.17, 15) is 0 Å². The molecule has 4 heteroatoms. The molecule has 68 valence electrons. The molecule has 2 aromatic rings. The van der Waals surface area contributed by atoms with Gasteiger partial charge in [-0.1, -0.05) is 6.07 Å². The minimum atomic E-state index is -0.0822. The SMILES string of the molecule is Cn1cnc(C(N)c2cccs2)c1. The smallest absolute Gasteiger partial charge is 0.0947 e. The Morgan fingerprint density at radius 2 is 2.46 bits per heavy atom. The largest absolute Gasteiger partial charge is 0.340 e. The third-order valence-corrected chi connectivity index (χ3v) is 2.85. The summed E-state index contributed by atoms with van der Waals surface area (Å²) < 4.78 is 1.91. The van der Waals surface area contributed by atoms with Crippen LogP contribution in [0.1, 0.15) is 16.6 Å². The molecule has 0 bridgehead atoms. The summed E-state index contributed by atoms with van der Waals surface area (Å²) >= 11 is 1.66. The number of thiophene rings is 1. The lowest BCUT2D eigenvalue weighted by molar-refractivity contribution is 0.852. The molecule has 1 unspecified atom stereocenters. The highest BCUT2D eigenvalue weighted by atomic mass is 32.1. The van der Waals surface area contributed by atoms with Gasteiger partial charge >= 0.3 is 0 Å². The number of imidazole rings is 1. The molecule has 2 rings (SSSR count). The second-order valence-electron chi connectivity index (χ2n) is 2.96. The zero-order valence-electron chi connectivity index (χ0n) is 7.34. The summed E-state index contributed by atoms with van der Waals surface area (Å²) in [6.45, 7) is 0. The molecule has 13 heavy (non-hydrogen) atoms. The third kappa shape index (κ3) is 1.64. The van der Waals surface area contributed by atoms with Crippen LogP contribution in [-0.2, 0) is 7.05 Å². The van der Waals surface area contributed by atoms with Crippen molar-refractivity contribution in [3.05, 3.63) is 40.6 Å². The van der Waals surface area contributed by atoms with Gasteiger partial charge in [-0.2, -0.15) is 0 Å². The summed E-state index contributed by atoms with van der Waals surface area (Å²) in [7, 11) is 1.94. The van der Waals surface area contributed by atoms with Crippen molar-refractivity contribution in [1.82, 2.24) is 9.55 Å². The van der Waals surface area contributed by atoms with Crippen LogP contribution in [0, 0.1) is 0 Å². The van der Waals surface area contributed by atoms with E-state index in [-0.39, 0.29) is 6.04 Å². The molecule has 2 N–H and O–H groups in total. The zero-order valence-corrected chi connectivity index (χ0v) is 8.16. The Bertz CT molecular complexity index is 377. The molecule has 0 radical (unpaired) electrons. The standard InChI is InChI=1S/C9H11N3S/c1-12-5-7(11-6-12)9(10)8-3-2-4-13-8/h2-6,9H,10H2,1H3. The van der Waals surface area contributed by atoms with Gasteiger partial charge in [0.1, 0.15) is 0 Å². The average Bonchev–Trinajstić information content (AvgIpc) is 2.72. The van der Waals surface area contributed by atoms with Gasteiger partial charge in [0.15, 0.2) is 0 Å². The van der Waals surface area contributed by atoms with E-state index in [1.165, 1.54) is 0 Å². The first-order chi connectivity index (χ1) is 6.27. The van der Waals surface area contributed by atoms with E-state index >= 15 is 0 Å². The lowest BCUT2D eigenvalue weighted by Crippen LogP contribution is -2.10. The van der Waals surface area contributed by atoms with E-state index in [1.54, 1.807) is 17.7 Å². The number of aryl methyl sites for hydroxylation is 1. The highest BCUT2D eigenvalue weighted by molar-refractivity contribution is 7.10. The van der Waals surface area contributed by atoms with E-state index in [1.807, 2.05) is 35.3 Å². The van der Waals surface area contributed by atoms with E-state index in [0.29, 0.717) is 0 Å². The summed E-state index contributed by atoms with van der Waals surface area (Å²) in [5.41, 5.74) is 6.93. The maximum absolute atomic E-state index is 6.01. The summed E-state index contributed by atoms with van der Waals surface area (Å²) in [5.74, 6) is 0. The zero-order chi connectivity index (χ0) is 9.26. The summed E-state index contributed by atoms with van der Waals surface area (Å²) in [6.07, 6.45) is 3.72. The molecule has 0 aliphatic heterocycles. The quantitative estimate of drug-likeness (QED) is 0.786. The Kier molecular flexibility index (Phi) is 2.16. The van der Waals surface area contributed by atoms with Crippen LogP contribution in [0.15, 0.2) is 30.0 Å². The van der Waals surface area contributed by atoms with Crippen LogP contribution in [0.3, 0.4) is 0 Å². The average molecular weight is 193 g/mol. The second kappa shape index (κ2) is 3.32. The first-order valence-electron chi connectivity index (χ1n) is 4.04. The molecule has 0 saturated heterocycles. The molecule has 2 aromatic heterocycles. The van der Waals surface area contributed by atoms with Crippen LogP contribution in [0.4, 0.5) is 0 Å². The van der Waals surface area contributed by atoms with Crippen molar-refractivity contribution in [2.24, 2.45) is 12.8 Å². The van der Waals surface area contributed by atoms with Crippen LogP contribution < -0.4 is 5.73 Å². The summed E-state index contributed by atoms with van der Waals surface area (Å²) in [6, 6.07) is 3.95. The van der Waals surface area contributed by atoms with Gasteiger partial charge in [0.25, 0.3) is 0 Å². The van der Waals surface area contributed by atoms with E-state index < -0.39 is 0 Å². The monoisotopic (exact) mass is 193 g/mol. The van der Waals surface area contributed by atoms with Crippen molar-refractivity contribution in [3.8, 4) is 0 Å². The van der Waals surface area contributed by atoms with Gasteiger partial charge in [-0.05, 0) is 11.4 Å². The van der Waals surface area contributed by atoms with Crippen LogP contribution in [0.25, 0.3) is 0 Å². The topological polar surface area (TPSA) is 43.8 Å². The second-order valence-corrected chi connectivity index (χ2v) is 3.94. The first-order valence-corrected chi connectivity index (χ1v) is 4.92. The predicted molar refractivity (Wildman–Crippen MR) is 53.6 cm³/mol. The number of nitrogens with two attached hydrogens (primary N) is 1. The summed E-state index contributed by atoms with van der Waals surface area (Å²) in [5, 5.41) is 2.03. The molecule has 2 heterocycles. The van der Waals surface area contributed by atoms with Crippen molar-refractivity contribution in [3.63, 3.8) is 0 Å². The highest BCUT2D eigenvalue weighted by Crippen LogP contribution is 2.21. The molecular formula is C9H11N3S. The number of hydrogen-bond donors (Lipinski definition) is 1. The fourth-order valence-electron chi connectivity index (χ4n) is 1.21. The lowest BCUT2D eigenvalue weighted by atomic mass is 10.2. The van der Waals surface area contributed by atoms with Gasteiger partial charge in [-0.3, -0.25) is 0 Å². The minimum Gasteiger partial charge on any atom is -0.340 e. The van der Waals surface area contributed by atoms with Crippen molar-refractivity contribution in [1.29, 1.82) is 0 Å². The Balaban J connectivity index is 2.28. The fraction of sp³-hybridized carbons (Fsp3) is 0.222. The fourth-order valence-corrected chi connectivity index (χ4v) is 1.95.